The number of alkyl halides is 3. The molecule has 3 aromatic heterocycles. The van der Waals surface area contributed by atoms with Crippen molar-refractivity contribution < 1.29 is 17.6 Å². The van der Waals surface area contributed by atoms with Gasteiger partial charge in [-0.3, -0.25) is 4.79 Å². The highest BCUT2D eigenvalue weighted by Gasteiger charge is 2.37. The van der Waals surface area contributed by atoms with Crippen molar-refractivity contribution in [3.8, 4) is 11.5 Å². The van der Waals surface area contributed by atoms with E-state index < -0.39 is 17.6 Å². The summed E-state index contributed by atoms with van der Waals surface area (Å²) in [5.41, 5.74) is 0.351. The number of aromatic amines is 1. The summed E-state index contributed by atoms with van der Waals surface area (Å²) in [5.74, 6) is -1.41. The predicted octanol–water partition coefficient (Wildman–Crippen LogP) is 3.53. The lowest BCUT2D eigenvalue weighted by Gasteiger charge is -1.99. The van der Waals surface area contributed by atoms with Crippen molar-refractivity contribution >= 4 is 21.6 Å². The second-order valence-corrected chi connectivity index (χ2v) is 5.82. The summed E-state index contributed by atoms with van der Waals surface area (Å²) in [6.07, 6.45) is -3.18. The molecule has 0 saturated heterocycles. The second kappa shape index (κ2) is 4.94. The van der Waals surface area contributed by atoms with Gasteiger partial charge >= 0.3 is 12.1 Å². The molecular formula is C13H10F3N3O2S. The Hall–Kier alpha value is -2.16. The van der Waals surface area contributed by atoms with Gasteiger partial charge < -0.3 is 9.40 Å². The van der Waals surface area contributed by atoms with E-state index >= 15 is 0 Å². The monoisotopic (exact) mass is 329 g/mol. The Morgan fingerprint density at radius 2 is 2.09 bits per heavy atom. The number of aryl methyl sites for hydroxylation is 2. The summed E-state index contributed by atoms with van der Waals surface area (Å²) in [6, 6.07) is 0. The van der Waals surface area contributed by atoms with Gasteiger partial charge in [0.1, 0.15) is 16.8 Å². The number of H-pyrrole nitrogens is 1. The van der Waals surface area contributed by atoms with Crippen LogP contribution in [0.4, 0.5) is 13.2 Å². The van der Waals surface area contributed by atoms with Gasteiger partial charge in [-0.1, -0.05) is 6.92 Å². The minimum absolute atomic E-state index is 0.0411. The van der Waals surface area contributed by atoms with Gasteiger partial charge in [-0.2, -0.15) is 13.2 Å². The molecule has 0 amide bonds. The fraction of sp³-hybridized carbons (Fsp3) is 0.308. The number of hydrogen-bond acceptors (Lipinski definition) is 5. The zero-order valence-corrected chi connectivity index (χ0v) is 12.4. The quantitative estimate of drug-likeness (QED) is 0.781. The molecule has 9 heteroatoms. The molecule has 0 atom stereocenters. The topological polar surface area (TPSA) is 71.8 Å². The average Bonchev–Trinajstić information content (AvgIpc) is 3.01. The molecule has 0 unspecified atom stereocenters. The summed E-state index contributed by atoms with van der Waals surface area (Å²) >= 11 is 1.33. The van der Waals surface area contributed by atoms with Gasteiger partial charge in [-0.05, 0) is 18.9 Å². The number of rotatable bonds is 2. The maximum Gasteiger partial charge on any atom is 0.468 e. The fourth-order valence-corrected chi connectivity index (χ4v) is 3.35. The molecule has 0 radical (unpaired) electrons. The van der Waals surface area contributed by atoms with Gasteiger partial charge in [0.2, 0.25) is 0 Å². The molecular weight excluding hydrogens is 319 g/mol. The van der Waals surface area contributed by atoms with Crippen LogP contribution in [0.25, 0.3) is 21.7 Å². The summed E-state index contributed by atoms with van der Waals surface area (Å²) in [5, 5.41) is 0.480. The van der Waals surface area contributed by atoms with Crippen LogP contribution in [0.15, 0.2) is 15.5 Å². The van der Waals surface area contributed by atoms with Crippen molar-refractivity contribution in [1.29, 1.82) is 0 Å². The van der Waals surface area contributed by atoms with E-state index in [2.05, 4.69) is 19.4 Å². The van der Waals surface area contributed by atoms with E-state index in [9.17, 15) is 18.0 Å². The molecule has 0 aliphatic rings. The van der Waals surface area contributed by atoms with Gasteiger partial charge in [-0.25, -0.2) is 9.97 Å². The molecule has 0 spiro atoms. The summed E-state index contributed by atoms with van der Waals surface area (Å²) in [7, 11) is 0. The normalized spacial score (nSPS) is 12.2. The Balaban J connectivity index is 2.17. The minimum Gasteiger partial charge on any atom is -0.441 e. The number of nitrogens with zero attached hydrogens (tertiary/aromatic N) is 2. The summed E-state index contributed by atoms with van der Waals surface area (Å²) in [6.45, 7) is 3.80. The fourth-order valence-electron chi connectivity index (χ4n) is 2.23. The lowest BCUT2D eigenvalue weighted by Crippen LogP contribution is -2.10. The largest absolute Gasteiger partial charge is 0.468 e. The van der Waals surface area contributed by atoms with E-state index in [1.54, 1.807) is 0 Å². The molecule has 0 aliphatic heterocycles. The molecule has 5 nitrogen and oxygen atoms in total. The zero-order valence-electron chi connectivity index (χ0n) is 11.5. The molecule has 3 heterocycles. The Kier molecular flexibility index (Phi) is 3.32. The lowest BCUT2D eigenvalue weighted by molar-refractivity contribution is -0.157. The average molecular weight is 329 g/mol. The van der Waals surface area contributed by atoms with E-state index in [1.807, 2.05) is 13.8 Å². The highest BCUT2D eigenvalue weighted by molar-refractivity contribution is 7.18. The number of nitrogens with one attached hydrogen (secondary N) is 1. The van der Waals surface area contributed by atoms with Crippen LogP contribution in [0.1, 0.15) is 23.3 Å². The SMILES string of the molecule is CCc1c(C)sc2nc(-c3coc(C(F)(F)F)n3)[nH]c(=O)c12. The molecule has 1 N–H and O–H groups in total. The van der Waals surface area contributed by atoms with Crippen LogP contribution in [-0.4, -0.2) is 15.0 Å². The predicted molar refractivity (Wildman–Crippen MR) is 74.9 cm³/mol. The molecule has 3 rings (SSSR count). The van der Waals surface area contributed by atoms with Crippen LogP contribution in [0, 0.1) is 6.92 Å². The third-order valence-electron chi connectivity index (χ3n) is 3.21. The Morgan fingerprint density at radius 1 is 1.36 bits per heavy atom. The molecule has 22 heavy (non-hydrogen) atoms. The van der Waals surface area contributed by atoms with Crippen LogP contribution in [0.2, 0.25) is 0 Å². The molecule has 0 fully saturated rings. The number of hydrogen-bond donors (Lipinski definition) is 1. The van der Waals surface area contributed by atoms with Crippen molar-refractivity contribution in [1.82, 2.24) is 15.0 Å². The first-order chi connectivity index (χ1) is 10.3. The number of aromatic nitrogens is 3. The summed E-state index contributed by atoms with van der Waals surface area (Å²) in [4.78, 5) is 23.6. The molecule has 0 aromatic carbocycles. The van der Waals surface area contributed by atoms with E-state index in [4.69, 9.17) is 0 Å². The number of oxazole rings is 1. The maximum atomic E-state index is 12.5. The van der Waals surface area contributed by atoms with Gasteiger partial charge in [0.25, 0.3) is 5.56 Å². The first-order valence-electron chi connectivity index (χ1n) is 6.36. The molecule has 3 aromatic rings. The second-order valence-electron chi connectivity index (χ2n) is 4.62. The Labute approximate surface area is 125 Å². The third-order valence-corrected chi connectivity index (χ3v) is 4.25. The maximum absolute atomic E-state index is 12.5. The highest BCUT2D eigenvalue weighted by Crippen LogP contribution is 2.31. The Bertz CT molecular complexity index is 908. The van der Waals surface area contributed by atoms with Crippen molar-refractivity contribution in [2.24, 2.45) is 0 Å². The molecule has 0 saturated carbocycles. The van der Waals surface area contributed by atoms with Crippen LogP contribution in [-0.2, 0) is 12.6 Å². The highest BCUT2D eigenvalue weighted by atomic mass is 32.1. The first-order valence-corrected chi connectivity index (χ1v) is 7.18. The van der Waals surface area contributed by atoms with Gasteiger partial charge in [0, 0.05) is 4.88 Å². The van der Waals surface area contributed by atoms with Crippen molar-refractivity contribution in [3.63, 3.8) is 0 Å². The number of fused-ring (bicyclic) bond motifs is 1. The van der Waals surface area contributed by atoms with Crippen molar-refractivity contribution in [2.75, 3.05) is 0 Å². The van der Waals surface area contributed by atoms with Gasteiger partial charge in [0.05, 0.1) is 5.39 Å². The van der Waals surface area contributed by atoms with Crippen LogP contribution < -0.4 is 5.56 Å². The van der Waals surface area contributed by atoms with Crippen molar-refractivity contribution in [2.45, 2.75) is 26.4 Å². The van der Waals surface area contributed by atoms with E-state index in [-0.39, 0.29) is 11.5 Å². The van der Waals surface area contributed by atoms with E-state index in [0.29, 0.717) is 16.6 Å². The summed E-state index contributed by atoms with van der Waals surface area (Å²) < 4.78 is 41.9. The number of thiophene rings is 1. The van der Waals surface area contributed by atoms with E-state index in [0.717, 1.165) is 16.7 Å². The van der Waals surface area contributed by atoms with Gasteiger partial charge in [0.15, 0.2) is 5.82 Å². The smallest absolute Gasteiger partial charge is 0.441 e. The molecule has 116 valence electrons. The molecule has 0 bridgehead atoms. The first kappa shape index (κ1) is 14.8. The molecule has 0 aliphatic carbocycles. The number of halogens is 3. The Morgan fingerprint density at radius 3 is 2.68 bits per heavy atom. The zero-order chi connectivity index (χ0) is 16.1. The van der Waals surface area contributed by atoms with Crippen LogP contribution >= 0.6 is 11.3 Å². The van der Waals surface area contributed by atoms with Crippen LogP contribution in [0.3, 0.4) is 0 Å². The minimum atomic E-state index is -4.68. The van der Waals surface area contributed by atoms with E-state index in [1.165, 1.54) is 11.3 Å². The van der Waals surface area contributed by atoms with Crippen LogP contribution in [0.5, 0.6) is 0 Å². The standard InChI is InChI=1S/C13H10F3N3O2S/c1-3-6-5(2)22-11-8(6)10(20)18-9(19-11)7-4-21-12(17-7)13(14,15)16/h4H,3H2,1-2H3,(H,18,19,20). The third kappa shape index (κ3) is 2.31. The lowest BCUT2D eigenvalue weighted by atomic mass is 10.1. The van der Waals surface area contributed by atoms with Crippen molar-refractivity contribution in [3.05, 3.63) is 32.9 Å². The van der Waals surface area contributed by atoms with Gasteiger partial charge in [-0.15, -0.1) is 11.3 Å².